The SMILES string of the molecule is CC[C@H]1CCCCN1CCCNC(=O)c1ccc(CS(=O)(=O)N2CCOCC2)cc1. The van der Waals surface area contributed by atoms with Gasteiger partial charge in [-0.2, -0.15) is 4.31 Å². The fraction of sp³-hybridized carbons (Fsp3) is 0.682. The number of amides is 1. The number of ether oxygens (including phenoxy) is 1. The van der Waals surface area contributed by atoms with Gasteiger partial charge in [-0.3, -0.25) is 4.79 Å². The summed E-state index contributed by atoms with van der Waals surface area (Å²) in [6.45, 7) is 6.78. The van der Waals surface area contributed by atoms with Gasteiger partial charge in [0.25, 0.3) is 5.91 Å². The first kappa shape index (κ1) is 23.2. The summed E-state index contributed by atoms with van der Waals surface area (Å²) >= 11 is 0. The normalized spacial score (nSPS) is 21.4. The lowest BCUT2D eigenvalue weighted by molar-refractivity contribution is 0.0729. The number of hydrogen-bond donors (Lipinski definition) is 1. The van der Waals surface area contributed by atoms with E-state index in [0.29, 0.717) is 50.0 Å². The van der Waals surface area contributed by atoms with Gasteiger partial charge in [0, 0.05) is 37.8 Å². The molecule has 0 aliphatic carbocycles. The van der Waals surface area contributed by atoms with Crippen molar-refractivity contribution >= 4 is 15.9 Å². The van der Waals surface area contributed by atoms with Crippen molar-refractivity contribution in [2.75, 3.05) is 45.9 Å². The van der Waals surface area contributed by atoms with Gasteiger partial charge in [0.1, 0.15) is 0 Å². The van der Waals surface area contributed by atoms with E-state index in [0.717, 1.165) is 13.0 Å². The van der Waals surface area contributed by atoms with E-state index in [1.54, 1.807) is 24.3 Å². The van der Waals surface area contributed by atoms with E-state index in [1.807, 2.05) is 0 Å². The summed E-state index contributed by atoms with van der Waals surface area (Å²) in [4.78, 5) is 14.9. The Morgan fingerprint density at radius 1 is 1.13 bits per heavy atom. The molecule has 1 N–H and O–H groups in total. The lowest BCUT2D eigenvalue weighted by atomic mass is 10.00. The van der Waals surface area contributed by atoms with Gasteiger partial charge in [-0.05, 0) is 49.9 Å². The molecule has 0 aromatic heterocycles. The van der Waals surface area contributed by atoms with Gasteiger partial charge in [0.15, 0.2) is 0 Å². The first-order valence-electron chi connectivity index (χ1n) is 11.2. The average Bonchev–Trinajstić information content (AvgIpc) is 2.77. The largest absolute Gasteiger partial charge is 0.379 e. The fourth-order valence-electron chi connectivity index (χ4n) is 4.28. The van der Waals surface area contributed by atoms with Crippen molar-refractivity contribution in [3.8, 4) is 0 Å². The third-order valence-electron chi connectivity index (χ3n) is 6.06. The Labute approximate surface area is 180 Å². The maximum Gasteiger partial charge on any atom is 0.251 e. The van der Waals surface area contributed by atoms with Crippen LogP contribution in [0.1, 0.15) is 54.9 Å². The molecule has 1 aromatic carbocycles. The van der Waals surface area contributed by atoms with Crippen LogP contribution in [0.15, 0.2) is 24.3 Å². The van der Waals surface area contributed by atoms with E-state index in [1.165, 1.54) is 36.5 Å². The Morgan fingerprint density at radius 3 is 2.57 bits per heavy atom. The number of sulfonamides is 1. The zero-order chi connectivity index (χ0) is 21.4. The van der Waals surface area contributed by atoms with Gasteiger partial charge in [-0.25, -0.2) is 8.42 Å². The summed E-state index contributed by atoms with van der Waals surface area (Å²) in [6, 6.07) is 7.56. The van der Waals surface area contributed by atoms with Crippen molar-refractivity contribution in [3.05, 3.63) is 35.4 Å². The molecule has 0 unspecified atom stereocenters. The Balaban J connectivity index is 1.43. The number of carbonyl (C=O) groups excluding carboxylic acids is 1. The summed E-state index contributed by atoms with van der Waals surface area (Å²) < 4.78 is 31.7. The van der Waals surface area contributed by atoms with Crippen molar-refractivity contribution in [1.82, 2.24) is 14.5 Å². The van der Waals surface area contributed by atoms with Gasteiger partial charge in [0.2, 0.25) is 10.0 Å². The van der Waals surface area contributed by atoms with Crippen molar-refractivity contribution < 1.29 is 17.9 Å². The first-order valence-corrected chi connectivity index (χ1v) is 12.8. The molecular weight excluding hydrogens is 402 g/mol. The Morgan fingerprint density at radius 2 is 1.87 bits per heavy atom. The summed E-state index contributed by atoms with van der Waals surface area (Å²) in [7, 11) is -3.36. The zero-order valence-electron chi connectivity index (χ0n) is 18.0. The van der Waals surface area contributed by atoms with Crippen molar-refractivity contribution in [1.29, 1.82) is 0 Å². The molecule has 168 valence electrons. The van der Waals surface area contributed by atoms with E-state index < -0.39 is 10.0 Å². The highest BCUT2D eigenvalue weighted by Gasteiger charge is 2.24. The number of carbonyl (C=O) groups is 1. The monoisotopic (exact) mass is 437 g/mol. The molecular formula is C22H35N3O4S. The highest BCUT2D eigenvalue weighted by molar-refractivity contribution is 7.88. The highest BCUT2D eigenvalue weighted by atomic mass is 32.2. The van der Waals surface area contributed by atoms with Crippen LogP contribution in [0, 0.1) is 0 Å². The quantitative estimate of drug-likeness (QED) is 0.600. The molecule has 8 heteroatoms. The Hall–Kier alpha value is -1.48. The minimum atomic E-state index is -3.36. The van der Waals surface area contributed by atoms with Crippen LogP contribution in [0.25, 0.3) is 0 Å². The molecule has 2 saturated heterocycles. The van der Waals surface area contributed by atoms with E-state index in [-0.39, 0.29) is 11.7 Å². The molecule has 1 amide bonds. The molecule has 2 heterocycles. The molecule has 1 aromatic rings. The first-order chi connectivity index (χ1) is 14.5. The minimum absolute atomic E-state index is 0.0523. The molecule has 0 spiro atoms. The second-order valence-corrected chi connectivity index (χ2v) is 10.1. The number of morpholine rings is 1. The predicted molar refractivity (Wildman–Crippen MR) is 118 cm³/mol. The number of rotatable bonds is 9. The Kier molecular flexibility index (Phi) is 8.68. The van der Waals surface area contributed by atoms with Crippen LogP contribution in [0.4, 0.5) is 0 Å². The van der Waals surface area contributed by atoms with Crippen LogP contribution in [0.5, 0.6) is 0 Å². The predicted octanol–water partition coefficient (Wildman–Crippen LogP) is 2.23. The zero-order valence-corrected chi connectivity index (χ0v) is 18.8. The number of nitrogens with zero attached hydrogens (tertiary/aromatic N) is 2. The number of piperidine rings is 1. The number of likely N-dealkylation sites (tertiary alicyclic amines) is 1. The van der Waals surface area contributed by atoms with E-state index in [4.69, 9.17) is 4.74 Å². The lowest BCUT2D eigenvalue weighted by Crippen LogP contribution is -2.41. The van der Waals surface area contributed by atoms with E-state index >= 15 is 0 Å². The second-order valence-electron chi connectivity index (χ2n) is 8.17. The van der Waals surface area contributed by atoms with Crippen LogP contribution >= 0.6 is 0 Å². The van der Waals surface area contributed by atoms with Gasteiger partial charge >= 0.3 is 0 Å². The van der Waals surface area contributed by atoms with Crippen LogP contribution in [-0.2, 0) is 20.5 Å². The van der Waals surface area contributed by atoms with E-state index in [2.05, 4.69) is 17.1 Å². The standard InChI is InChI=1S/C22H35N3O4S/c1-2-21-6-3-4-12-24(21)13-5-11-23-22(26)20-9-7-19(8-10-20)18-30(27,28)25-14-16-29-17-15-25/h7-10,21H,2-6,11-18H2,1H3,(H,23,26)/t21-/m0/s1. The van der Waals surface area contributed by atoms with Crippen molar-refractivity contribution in [3.63, 3.8) is 0 Å². The van der Waals surface area contributed by atoms with Crippen LogP contribution in [0.2, 0.25) is 0 Å². The average molecular weight is 438 g/mol. The number of nitrogens with one attached hydrogen (secondary N) is 1. The molecule has 2 fully saturated rings. The van der Waals surface area contributed by atoms with Crippen molar-refractivity contribution in [2.45, 2.75) is 50.8 Å². The van der Waals surface area contributed by atoms with E-state index in [9.17, 15) is 13.2 Å². The molecule has 30 heavy (non-hydrogen) atoms. The van der Waals surface area contributed by atoms with Crippen LogP contribution in [-0.4, -0.2) is 75.5 Å². The smallest absolute Gasteiger partial charge is 0.251 e. The maximum atomic E-state index is 12.5. The Bertz CT molecular complexity index is 776. The maximum absolute atomic E-state index is 12.5. The van der Waals surface area contributed by atoms with Gasteiger partial charge in [0.05, 0.1) is 19.0 Å². The lowest BCUT2D eigenvalue weighted by Gasteiger charge is -2.35. The molecule has 1 atom stereocenters. The molecule has 3 rings (SSSR count). The second kappa shape index (κ2) is 11.2. The number of benzene rings is 1. The number of hydrogen-bond acceptors (Lipinski definition) is 5. The third kappa shape index (κ3) is 6.51. The van der Waals surface area contributed by atoms with Crippen molar-refractivity contribution in [2.24, 2.45) is 0 Å². The fourth-order valence-corrected chi connectivity index (χ4v) is 5.78. The minimum Gasteiger partial charge on any atom is -0.379 e. The topological polar surface area (TPSA) is 79.0 Å². The van der Waals surface area contributed by atoms with Crippen LogP contribution in [0.3, 0.4) is 0 Å². The summed E-state index contributed by atoms with van der Waals surface area (Å²) in [5, 5.41) is 2.98. The molecule has 2 aliphatic heterocycles. The molecule has 7 nitrogen and oxygen atoms in total. The van der Waals surface area contributed by atoms with Gasteiger partial charge in [-0.1, -0.05) is 25.5 Å². The molecule has 0 saturated carbocycles. The summed E-state index contributed by atoms with van der Waals surface area (Å²) in [5.41, 5.74) is 1.25. The third-order valence-corrected chi connectivity index (χ3v) is 7.91. The molecule has 0 radical (unpaired) electrons. The molecule has 0 bridgehead atoms. The van der Waals surface area contributed by atoms with Gasteiger partial charge in [-0.15, -0.1) is 0 Å². The summed E-state index contributed by atoms with van der Waals surface area (Å²) in [6.07, 6.45) is 6.03. The highest BCUT2D eigenvalue weighted by Crippen LogP contribution is 2.19. The summed E-state index contributed by atoms with van der Waals surface area (Å²) in [5.74, 6) is -0.160. The molecule has 2 aliphatic rings. The van der Waals surface area contributed by atoms with Gasteiger partial charge < -0.3 is 15.0 Å². The van der Waals surface area contributed by atoms with Crippen LogP contribution < -0.4 is 5.32 Å².